The first kappa shape index (κ1) is 5.69. The van der Waals surface area contributed by atoms with Gasteiger partial charge in [0.05, 0.1) is 12.2 Å². The third kappa shape index (κ3) is 0.775. The summed E-state index contributed by atoms with van der Waals surface area (Å²) in [6.07, 6.45) is 4.86. The van der Waals surface area contributed by atoms with Gasteiger partial charge in [-0.05, 0) is 31.7 Å². The van der Waals surface area contributed by atoms with E-state index >= 15 is 0 Å². The summed E-state index contributed by atoms with van der Waals surface area (Å²) >= 11 is 0. The Morgan fingerprint density at radius 1 is 1.44 bits per heavy atom. The molecule has 9 heavy (non-hydrogen) atoms. The van der Waals surface area contributed by atoms with Crippen LogP contribution < -0.4 is 5.73 Å². The molecule has 0 radical (unpaired) electrons. The third-order valence-electron chi connectivity index (χ3n) is 2.53. The van der Waals surface area contributed by atoms with Crippen molar-refractivity contribution in [1.82, 2.24) is 0 Å². The maximum atomic E-state index is 5.60. The van der Waals surface area contributed by atoms with Gasteiger partial charge in [0.25, 0.3) is 0 Å². The molecule has 2 aliphatic heterocycles. The van der Waals surface area contributed by atoms with E-state index in [2.05, 4.69) is 0 Å². The lowest BCUT2D eigenvalue weighted by Gasteiger charge is -2.14. The van der Waals surface area contributed by atoms with E-state index in [0.29, 0.717) is 18.1 Å². The van der Waals surface area contributed by atoms with Gasteiger partial charge in [-0.2, -0.15) is 0 Å². The molecule has 2 rings (SSSR count). The van der Waals surface area contributed by atoms with E-state index in [1.54, 1.807) is 0 Å². The number of hydrogen-bond acceptors (Lipinski definition) is 2. The van der Waals surface area contributed by atoms with E-state index in [1.165, 1.54) is 19.3 Å². The summed E-state index contributed by atoms with van der Waals surface area (Å²) in [6.45, 7) is 0.821. The van der Waals surface area contributed by atoms with Gasteiger partial charge in [0.15, 0.2) is 0 Å². The molecule has 2 nitrogen and oxygen atoms in total. The van der Waals surface area contributed by atoms with Gasteiger partial charge >= 0.3 is 0 Å². The molecule has 2 aliphatic rings. The molecule has 2 bridgehead atoms. The summed E-state index contributed by atoms with van der Waals surface area (Å²) in [6, 6.07) is 0. The third-order valence-corrected chi connectivity index (χ3v) is 2.53. The first-order valence-corrected chi connectivity index (χ1v) is 3.75. The Balaban J connectivity index is 2.01. The average molecular weight is 127 g/mol. The minimum atomic E-state index is 0.528. The highest BCUT2D eigenvalue weighted by atomic mass is 16.5. The van der Waals surface area contributed by atoms with E-state index in [1.807, 2.05) is 0 Å². The standard InChI is InChI=1S/C7H13NO/c8-4-5-3-6-1-2-7(5)9-6/h5-7H,1-4,8H2. The van der Waals surface area contributed by atoms with E-state index in [9.17, 15) is 0 Å². The van der Waals surface area contributed by atoms with Gasteiger partial charge in [-0.3, -0.25) is 0 Å². The summed E-state index contributed by atoms with van der Waals surface area (Å²) < 4.78 is 5.60. The molecule has 2 heteroatoms. The molecule has 0 amide bonds. The van der Waals surface area contributed by atoms with Crippen LogP contribution in [-0.4, -0.2) is 18.8 Å². The molecule has 2 heterocycles. The largest absolute Gasteiger partial charge is 0.375 e. The Kier molecular flexibility index (Phi) is 1.24. The summed E-state index contributed by atoms with van der Waals surface area (Å²) in [4.78, 5) is 0. The van der Waals surface area contributed by atoms with E-state index < -0.39 is 0 Å². The minimum Gasteiger partial charge on any atom is -0.375 e. The second kappa shape index (κ2) is 1.96. The Bertz CT molecular complexity index is 115. The zero-order chi connectivity index (χ0) is 6.27. The number of fused-ring (bicyclic) bond motifs is 2. The van der Waals surface area contributed by atoms with Crippen LogP contribution >= 0.6 is 0 Å². The van der Waals surface area contributed by atoms with Crippen molar-refractivity contribution in [1.29, 1.82) is 0 Å². The SMILES string of the molecule is NCC1CC2CCC1O2. The Morgan fingerprint density at radius 3 is 2.67 bits per heavy atom. The second-order valence-corrected chi connectivity index (χ2v) is 3.11. The first-order chi connectivity index (χ1) is 4.40. The number of rotatable bonds is 1. The topological polar surface area (TPSA) is 35.2 Å². The molecule has 0 saturated carbocycles. The lowest BCUT2D eigenvalue weighted by atomic mass is 9.89. The van der Waals surface area contributed by atoms with Gasteiger partial charge < -0.3 is 10.5 Å². The summed E-state index contributed by atoms with van der Waals surface area (Å²) in [5.41, 5.74) is 5.54. The molecule has 0 aliphatic carbocycles. The van der Waals surface area contributed by atoms with Crippen molar-refractivity contribution in [2.75, 3.05) is 6.54 Å². The van der Waals surface area contributed by atoms with Gasteiger partial charge in [-0.25, -0.2) is 0 Å². The predicted octanol–water partition coefficient (Wildman–Crippen LogP) is 0.513. The van der Waals surface area contributed by atoms with Crippen molar-refractivity contribution in [3.05, 3.63) is 0 Å². The Hall–Kier alpha value is -0.0800. The average Bonchev–Trinajstić information content (AvgIpc) is 2.45. The fourth-order valence-electron chi connectivity index (χ4n) is 1.99. The number of hydrogen-bond donors (Lipinski definition) is 1. The van der Waals surface area contributed by atoms with Crippen molar-refractivity contribution in [3.63, 3.8) is 0 Å². The van der Waals surface area contributed by atoms with Crippen LogP contribution in [0.25, 0.3) is 0 Å². The fraction of sp³-hybridized carbons (Fsp3) is 1.00. The minimum absolute atomic E-state index is 0.528. The highest BCUT2D eigenvalue weighted by Crippen LogP contribution is 2.37. The summed E-state index contributed by atoms with van der Waals surface area (Å²) in [5, 5.41) is 0. The zero-order valence-corrected chi connectivity index (χ0v) is 5.55. The van der Waals surface area contributed by atoms with Crippen molar-refractivity contribution in [3.8, 4) is 0 Å². The van der Waals surface area contributed by atoms with Crippen LogP contribution in [0, 0.1) is 5.92 Å². The summed E-state index contributed by atoms with van der Waals surface area (Å²) in [5.74, 6) is 0.684. The molecule has 2 N–H and O–H groups in total. The fourth-order valence-corrected chi connectivity index (χ4v) is 1.99. The van der Waals surface area contributed by atoms with Crippen LogP contribution in [0.15, 0.2) is 0 Å². The Labute approximate surface area is 55.4 Å². The quantitative estimate of drug-likeness (QED) is 0.557. The van der Waals surface area contributed by atoms with Crippen molar-refractivity contribution in [2.24, 2.45) is 11.7 Å². The molecule has 0 aromatic heterocycles. The van der Waals surface area contributed by atoms with Crippen LogP contribution in [-0.2, 0) is 4.74 Å². The second-order valence-electron chi connectivity index (χ2n) is 3.11. The first-order valence-electron chi connectivity index (χ1n) is 3.75. The molecular formula is C7H13NO. The van der Waals surface area contributed by atoms with E-state index in [-0.39, 0.29) is 0 Å². The highest BCUT2D eigenvalue weighted by molar-refractivity contribution is 4.89. The smallest absolute Gasteiger partial charge is 0.0621 e. The number of nitrogens with two attached hydrogens (primary N) is 1. The van der Waals surface area contributed by atoms with Gasteiger partial charge in [0, 0.05) is 0 Å². The normalized spacial score (nSPS) is 48.3. The zero-order valence-electron chi connectivity index (χ0n) is 5.55. The van der Waals surface area contributed by atoms with Crippen molar-refractivity contribution in [2.45, 2.75) is 31.5 Å². The molecule has 3 atom stereocenters. The molecule has 0 spiro atoms. The lowest BCUT2D eigenvalue weighted by Crippen LogP contribution is -2.24. The van der Waals surface area contributed by atoms with Crippen LogP contribution in [0.2, 0.25) is 0 Å². The van der Waals surface area contributed by atoms with Gasteiger partial charge in [0.1, 0.15) is 0 Å². The molecule has 0 aromatic rings. The number of ether oxygens (including phenoxy) is 1. The maximum Gasteiger partial charge on any atom is 0.0621 e. The molecule has 3 unspecified atom stereocenters. The summed E-state index contributed by atoms with van der Waals surface area (Å²) in [7, 11) is 0. The molecule has 2 saturated heterocycles. The van der Waals surface area contributed by atoms with Crippen LogP contribution in [0.5, 0.6) is 0 Å². The molecular weight excluding hydrogens is 114 g/mol. The lowest BCUT2D eigenvalue weighted by molar-refractivity contribution is 0.0936. The van der Waals surface area contributed by atoms with Crippen molar-refractivity contribution < 1.29 is 4.74 Å². The maximum absolute atomic E-state index is 5.60. The Morgan fingerprint density at radius 2 is 2.33 bits per heavy atom. The highest BCUT2D eigenvalue weighted by Gasteiger charge is 2.39. The molecule has 0 aromatic carbocycles. The van der Waals surface area contributed by atoms with Gasteiger partial charge in [-0.1, -0.05) is 0 Å². The molecule has 52 valence electrons. The van der Waals surface area contributed by atoms with Crippen LogP contribution in [0.3, 0.4) is 0 Å². The van der Waals surface area contributed by atoms with Gasteiger partial charge in [0.2, 0.25) is 0 Å². The van der Waals surface area contributed by atoms with Crippen LogP contribution in [0.4, 0.5) is 0 Å². The monoisotopic (exact) mass is 127 g/mol. The van der Waals surface area contributed by atoms with E-state index in [0.717, 1.165) is 6.54 Å². The van der Waals surface area contributed by atoms with Crippen molar-refractivity contribution >= 4 is 0 Å². The molecule has 2 fully saturated rings. The van der Waals surface area contributed by atoms with Gasteiger partial charge in [-0.15, -0.1) is 0 Å². The van der Waals surface area contributed by atoms with Crippen LogP contribution in [0.1, 0.15) is 19.3 Å². The predicted molar refractivity (Wildman–Crippen MR) is 35.1 cm³/mol. The van der Waals surface area contributed by atoms with E-state index in [4.69, 9.17) is 10.5 Å².